The zero-order valence-corrected chi connectivity index (χ0v) is 18.6. The summed E-state index contributed by atoms with van der Waals surface area (Å²) in [7, 11) is -3.62. The van der Waals surface area contributed by atoms with Gasteiger partial charge in [-0.2, -0.15) is 0 Å². The van der Waals surface area contributed by atoms with E-state index in [-0.39, 0.29) is 16.8 Å². The monoisotopic (exact) mass is 448 g/mol. The number of H-pyrrole nitrogens is 1. The van der Waals surface area contributed by atoms with Gasteiger partial charge >= 0.3 is 0 Å². The lowest BCUT2D eigenvalue weighted by molar-refractivity contribution is 0.102. The standard InChI is InChI=1S/C24H24N4O3S/c1-3-16(2)28-32(30,31)18-14-12-17(13-15-18)24(29)27-20-9-5-4-8-19(20)23-25-21-10-6-7-11-22(21)26-23/h4-16,28H,3H2,1-2H3,(H,25,26)(H,27,29). The highest BCUT2D eigenvalue weighted by Gasteiger charge is 2.18. The predicted octanol–water partition coefficient (Wildman–Crippen LogP) is 4.56. The number of benzene rings is 3. The lowest BCUT2D eigenvalue weighted by Crippen LogP contribution is -2.32. The molecule has 1 amide bonds. The van der Waals surface area contributed by atoms with E-state index in [1.165, 1.54) is 24.3 Å². The van der Waals surface area contributed by atoms with Crippen molar-refractivity contribution in [3.8, 4) is 11.4 Å². The number of hydrogen-bond acceptors (Lipinski definition) is 4. The van der Waals surface area contributed by atoms with Crippen LogP contribution in [0.25, 0.3) is 22.4 Å². The summed E-state index contributed by atoms with van der Waals surface area (Å²) in [5, 5.41) is 2.91. The molecule has 0 aliphatic heterocycles. The first-order valence-corrected chi connectivity index (χ1v) is 11.8. The Labute approximate surface area is 187 Å². The number of carbonyl (C=O) groups excluding carboxylic acids is 1. The molecular weight excluding hydrogens is 424 g/mol. The van der Waals surface area contributed by atoms with E-state index in [2.05, 4.69) is 20.0 Å². The van der Waals surface area contributed by atoms with Gasteiger partial charge in [-0.05, 0) is 61.9 Å². The summed E-state index contributed by atoms with van der Waals surface area (Å²) >= 11 is 0. The van der Waals surface area contributed by atoms with Crippen molar-refractivity contribution in [1.29, 1.82) is 0 Å². The smallest absolute Gasteiger partial charge is 0.255 e. The molecule has 0 bridgehead atoms. The van der Waals surface area contributed by atoms with E-state index in [1.807, 2.05) is 49.4 Å². The van der Waals surface area contributed by atoms with E-state index in [0.717, 1.165) is 16.6 Å². The normalized spacial score (nSPS) is 12.6. The average Bonchev–Trinajstić information content (AvgIpc) is 3.23. The number of carbonyl (C=O) groups is 1. The summed E-state index contributed by atoms with van der Waals surface area (Å²) < 4.78 is 27.5. The average molecular weight is 449 g/mol. The maximum absolute atomic E-state index is 12.8. The third-order valence-electron chi connectivity index (χ3n) is 5.22. The fraction of sp³-hybridized carbons (Fsp3) is 0.167. The third-order valence-corrected chi connectivity index (χ3v) is 6.82. The summed E-state index contributed by atoms with van der Waals surface area (Å²) in [5.41, 5.74) is 3.46. The van der Waals surface area contributed by atoms with Crippen molar-refractivity contribution in [3.05, 3.63) is 78.4 Å². The molecule has 4 rings (SSSR count). The fourth-order valence-corrected chi connectivity index (χ4v) is 4.60. The Morgan fingerprint density at radius 1 is 1.00 bits per heavy atom. The van der Waals surface area contributed by atoms with Gasteiger partial charge in [0.15, 0.2) is 0 Å². The van der Waals surface area contributed by atoms with Crippen LogP contribution in [0.15, 0.2) is 77.7 Å². The highest BCUT2D eigenvalue weighted by atomic mass is 32.2. The third kappa shape index (κ3) is 4.56. The predicted molar refractivity (Wildman–Crippen MR) is 126 cm³/mol. The number of aromatic nitrogens is 2. The first-order valence-electron chi connectivity index (χ1n) is 10.4. The highest BCUT2D eigenvalue weighted by Crippen LogP contribution is 2.28. The van der Waals surface area contributed by atoms with Crippen molar-refractivity contribution in [2.24, 2.45) is 0 Å². The summed E-state index contributed by atoms with van der Waals surface area (Å²) in [6.07, 6.45) is 0.685. The molecule has 1 heterocycles. The van der Waals surface area contributed by atoms with Crippen LogP contribution < -0.4 is 10.0 Å². The zero-order valence-electron chi connectivity index (χ0n) is 17.8. The van der Waals surface area contributed by atoms with Crippen molar-refractivity contribution in [1.82, 2.24) is 14.7 Å². The van der Waals surface area contributed by atoms with Gasteiger partial charge in [-0.1, -0.05) is 31.2 Å². The molecule has 1 unspecified atom stereocenters. The number of sulfonamides is 1. The second-order valence-electron chi connectivity index (χ2n) is 7.56. The van der Waals surface area contributed by atoms with Gasteiger partial charge in [-0.3, -0.25) is 4.79 Å². The van der Waals surface area contributed by atoms with Gasteiger partial charge < -0.3 is 10.3 Å². The number of nitrogens with zero attached hydrogens (tertiary/aromatic N) is 1. The van der Waals surface area contributed by atoms with Crippen LogP contribution >= 0.6 is 0 Å². The molecule has 0 radical (unpaired) electrons. The summed E-state index contributed by atoms with van der Waals surface area (Å²) in [6.45, 7) is 3.71. The van der Waals surface area contributed by atoms with Gasteiger partial charge in [-0.15, -0.1) is 0 Å². The Bertz CT molecular complexity index is 1330. The first kappa shape index (κ1) is 21.7. The van der Waals surface area contributed by atoms with Crippen LogP contribution in [0.1, 0.15) is 30.6 Å². The molecule has 0 aliphatic rings. The maximum Gasteiger partial charge on any atom is 0.255 e. The molecular formula is C24H24N4O3S. The van der Waals surface area contributed by atoms with Crippen molar-refractivity contribution >= 4 is 32.7 Å². The molecule has 0 aliphatic carbocycles. The van der Waals surface area contributed by atoms with E-state index in [0.29, 0.717) is 23.5 Å². The summed E-state index contributed by atoms with van der Waals surface area (Å²) in [5.74, 6) is 0.312. The molecule has 3 N–H and O–H groups in total. The number of nitrogens with one attached hydrogen (secondary N) is 3. The van der Waals surface area contributed by atoms with Gasteiger partial charge in [0, 0.05) is 17.2 Å². The van der Waals surface area contributed by atoms with Crippen LogP contribution in [0.2, 0.25) is 0 Å². The molecule has 164 valence electrons. The van der Waals surface area contributed by atoms with Crippen LogP contribution in [-0.2, 0) is 10.0 Å². The molecule has 4 aromatic rings. The molecule has 0 fully saturated rings. The number of para-hydroxylation sites is 3. The summed E-state index contributed by atoms with van der Waals surface area (Å²) in [6, 6.07) is 20.8. The van der Waals surface area contributed by atoms with Crippen LogP contribution in [0.5, 0.6) is 0 Å². The zero-order chi connectivity index (χ0) is 22.7. The van der Waals surface area contributed by atoms with Gasteiger partial charge in [-0.25, -0.2) is 18.1 Å². The number of rotatable bonds is 7. The highest BCUT2D eigenvalue weighted by molar-refractivity contribution is 7.89. The number of aromatic amines is 1. The first-order chi connectivity index (χ1) is 15.4. The lowest BCUT2D eigenvalue weighted by Gasteiger charge is -2.13. The van der Waals surface area contributed by atoms with Crippen molar-refractivity contribution in [3.63, 3.8) is 0 Å². The quantitative estimate of drug-likeness (QED) is 0.385. The Balaban J connectivity index is 1.56. The van der Waals surface area contributed by atoms with E-state index in [1.54, 1.807) is 13.0 Å². The minimum Gasteiger partial charge on any atom is -0.338 e. The Morgan fingerprint density at radius 2 is 1.69 bits per heavy atom. The molecule has 0 saturated carbocycles. The van der Waals surface area contributed by atoms with Crippen molar-refractivity contribution < 1.29 is 13.2 Å². The summed E-state index contributed by atoms with van der Waals surface area (Å²) in [4.78, 5) is 20.9. The minimum absolute atomic E-state index is 0.122. The Hall–Kier alpha value is -3.49. The molecule has 32 heavy (non-hydrogen) atoms. The van der Waals surface area contributed by atoms with Crippen LogP contribution in [-0.4, -0.2) is 30.3 Å². The van der Waals surface area contributed by atoms with Crippen LogP contribution in [0.3, 0.4) is 0 Å². The van der Waals surface area contributed by atoms with Gasteiger partial charge in [0.05, 0.1) is 21.6 Å². The van der Waals surface area contributed by atoms with Gasteiger partial charge in [0.2, 0.25) is 10.0 Å². The van der Waals surface area contributed by atoms with Gasteiger partial charge in [0.1, 0.15) is 5.82 Å². The number of amides is 1. The fourth-order valence-electron chi connectivity index (χ4n) is 3.28. The van der Waals surface area contributed by atoms with Gasteiger partial charge in [0.25, 0.3) is 5.91 Å². The Kier molecular flexibility index (Phi) is 6.07. The second kappa shape index (κ2) is 8.94. The minimum atomic E-state index is -3.62. The number of hydrogen-bond donors (Lipinski definition) is 3. The van der Waals surface area contributed by atoms with E-state index < -0.39 is 10.0 Å². The van der Waals surface area contributed by atoms with Crippen LogP contribution in [0.4, 0.5) is 5.69 Å². The molecule has 1 aromatic heterocycles. The molecule has 8 heteroatoms. The topological polar surface area (TPSA) is 104 Å². The molecule has 0 saturated heterocycles. The number of anilines is 1. The Morgan fingerprint density at radius 3 is 2.41 bits per heavy atom. The molecule has 3 aromatic carbocycles. The molecule has 1 atom stereocenters. The SMILES string of the molecule is CCC(C)NS(=O)(=O)c1ccc(C(=O)Nc2ccccc2-c2nc3ccccc3[nH]2)cc1. The van der Waals surface area contributed by atoms with E-state index in [9.17, 15) is 13.2 Å². The second-order valence-corrected chi connectivity index (χ2v) is 9.27. The number of fused-ring (bicyclic) bond motifs is 1. The maximum atomic E-state index is 12.8. The van der Waals surface area contributed by atoms with Crippen molar-refractivity contribution in [2.45, 2.75) is 31.2 Å². The van der Waals surface area contributed by atoms with Crippen molar-refractivity contribution in [2.75, 3.05) is 5.32 Å². The largest absolute Gasteiger partial charge is 0.338 e. The molecule has 0 spiro atoms. The number of imidazole rings is 1. The van der Waals surface area contributed by atoms with E-state index >= 15 is 0 Å². The molecule has 7 nitrogen and oxygen atoms in total. The van der Waals surface area contributed by atoms with Crippen LogP contribution in [0, 0.1) is 0 Å². The van der Waals surface area contributed by atoms with E-state index in [4.69, 9.17) is 0 Å². The lowest BCUT2D eigenvalue weighted by atomic mass is 10.1.